The van der Waals surface area contributed by atoms with E-state index in [1.165, 1.54) is 0 Å². The summed E-state index contributed by atoms with van der Waals surface area (Å²) < 4.78 is 0. The molecule has 1 amide bonds. The van der Waals surface area contributed by atoms with Gasteiger partial charge in [-0.2, -0.15) is 0 Å². The summed E-state index contributed by atoms with van der Waals surface area (Å²) in [6, 6.07) is 3.58. The SMILES string of the molecule is CCC(C)NC(=O)c1ccc(C#CCN)cn1. The number of pyridine rings is 1. The number of carbonyl (C=O) groups is 1. The summed E-state index contributed by atoms with van der Waals surface area (Å²) in [6.07, 6.45) is 2.47. The van der Waals surface area contributed by atoms with Crippen LogP contribution in [-0.4, -0.2) is 23.5 Å². The highest BCUT2D eigenvalue weighted by atomic mass is 16.1. The lowest BCUT2D eigenvalue weighted by Gasteiger charge is -2.10. The number of rotatable bonds is 3. The van der Waals surface area contributed by atoms with Gasteiger partial charge in [0, 0.05) is 17.8 Å². The van der Waals surface area contributed by atoms with Crippen molar-refractivity contribution in [1.29, 1.82) is 0 Å². The lowest BCUT2D eigenvalue weighted by atomic mass is 10.2. The molecular weight excluding hydrogens is 214 g/mol. The molecule has 1 atom stereocenters. The van der Waals surface area contributed by atoms with Gasteiger partial charge in [-0.25, -0.2) is 4.98 Å². The Morgan fingerprint density at radius 2 is 2.35 bits per heavy atom. The molecule has 4 nitrogen and oxygen atoms in total. The first-order valence-electron chi connectivity index (χ1n) is 5.63. The topological polar surface area (TPSA) is 68.0 Å². The van der Waals surface area contributed by atoms with Crippen LogP contribution in [0.25, 0.3) is 0 Å². The third-order valence-electron chi connectivity index (χ3n) is 2.32. The summed E-state index contributed by atoms with van der Waals surface area (Å²) in [5.74, 6) is 5.43. The molecule has 0 bridgehead atoms. The van der Waals surface area contributed by atoms with Crippen LogP contribution in [0, 0.1) is 11.8 Å². The fourth-order valence-corrected chi connectivity index (χ4v) is 1.16. The van der Waals surface area contributed by atoms with Crippen molar-refractivity contribution in [2.45, 2.75) is 26.3 Å². The van der Waals surface area contributed by atoms with Gasteiger partial charge in [0.2, 0.25) is 0 Å². The van der Waals surface area contributed by atoms with Gasteiger partial charge in [-0.1, -0.05) is 18.8 Å². The molecule has 1 rings (SSSR count). The first kappa shape index (κ1) is 13.2. The summed E-state index contributed by atoms with van der Waals surface area (Å²) in [7, 11) is 0. The highest BCUT2D eigenvalue weighted by Gasteiger charge is 2.08. The third kappa shape index (κ3) is 4.25. The van der Waals surface area contributed by atoms with Crippen molar-refractivity contribution in [3.05, 3.63) is 29.6 Å². The molecule has 17 heavy (non-hydrogen) atoms. The lowest BCUT2D eigenvalue weighted by Crippen LogP contribution is -2.32. The second-order valence-electron chi connectivity index (χ2n) is 3.72. The van der Waals surface area contributed by atoms with Gasteiger partial charge in [-0.05, 0) is 25.5 Å². The van der Waals surface area contributed by atoms with Crippen molar-refractivity contribution in [3.8, 4) is 11.8 Å². The lowest BCUT2D eigenvalue weighted by molar-refractivity contribution is 0.0934. The molecule has 0 saturated carbocycles. The van der Waals surface area contributed by atoms with Gasteiger partial charge in [0.1, 0.15) is 5.69 Å². The minimum atomic E-state index is -0.155. The molecule has 0 fully saturated rings. The number of aromatic nitrogens is 1. The monoisotopic (exact) mass is 231 g/mol. The predicted molar refractivity (Wildman–Crippen MR) is 67.4 cm³/mol. The maximum atomic E-state index is 11.7. The second kappa shape index (κ2) is 6.66. The molecule has 1 unspecified atom stereocenters. The van der Waals surface area contributed by atoms with E-state index in [2.05, 4.69) is 22.1 Å². The molecular formula is C13H17N3O. The van der Waals surface area contributed by atoms with E-state index in [0.717, 1.165) is 12.0 Å². The van der Waals surface area contributed by atoms with Gasteiger partial charge in [0.05, 0.1) is 6.54 Å². The van der Waals surface area contributed by atoms with Crippen LogP contribution in [0.15, 0.2) is 18.3 Å². The molecule has 0 aliphatic carbocycles. The highest BCUT2D eigenvalue weighted by molar-refractivity contribution is 5.92. The molecule has 90 valence electrons. The van der Waals surface area contributed by atoms with E-state index in [0.29, 0.717) is 12.2 Å². The summed E-state index contributed by atoms with van der Waals surface area (Å²) in [5, 5.41) is 2.85. The number of nitrogens with one attached hydrogen (secondary N) is 1. The zero-order valence-corrected chi connectivity index (χ0v) is 10.2. The van der Waals surface area contributed by atoms with E-state index in [1.54, 1.807) is 18.3 Å². The van der Waals surface area contributed by atoms with Crippen LogP contribution in [0.1, 0.15) is 36.3 Å². The molecule has 1 heterocycles. The predicted octanol–water partition coefficient (Wildman–Crippen LogP) is 0.920. The maximum Gasteiger partial charge on any atom is 0.270 e. The van der Waals surface area contributed by atoms with E-state index in [-0.39, 0.29) is 11.9 Å². The normalized spacial score (nSPS) is 11.2. The summed E-state index contributed by atoms with van der Waals surface area (Å²) in [4.78, 5) is 15.8. The van der Waals surface area contributed by atoms with E-state index in [1.807, 2.05) is 13.8 Å². The summed E-state index contributed by atoms with van der Waals surface area (Å²) >= 11 is 0. The number of nitrogens with two attached hydrogens (primary N) is 1. The van der Waals surface area contributed by atoms with Crippen molar-refractivity contribution < 1.29 is 4.79 Å². The quantitative estimate of drug-likeness (QED) is 0.760. The van der Waals surface area contributed by atoms with Gasteiger partial charge < -0.3 is 11.1 Å². The van der Waals surface area contributed by atoms with Crippen molar-refractivity contribution in [3.63, 3.8) is 0 Å². The Hall–Kier alpha value is -1.86. The summed E-state index contributed by atoms with van der Waals surface area (Å²) in [6.45, 7) is 4.29. The minimum Gasteiger partial charge on any atom is -0.348 e. The van der Waals surface area contributed by atoms with E-state index >= 15 is 0 Å². The van der Waals surface area contributed by atoms with Crippen molar-refractivity contribution in [2.75, 3.05) is 6.54 Å². The number of nitrogens with zero attached hydrogens (tertiary/aromatic N) is 1. The highest BCUT2D eigenvalue weighted by Crippen LogP contribution is 2.00. The third-order valence-corrected chi connectivity index (χ3v) is 2.32. The molecule has 0 saturated heterocycles. The van der Waals surface area contributed by atoms with E-state index < -0.39 is 0 Å². The zero-order valence-electron chi connectivity index (χ0n) is 10.2. The smallest absolute Gasteiger partial charge is 0.270 e. The van der Waals surface area contributed by atoms with E-state index in [4.69, 9.17) is 5.73 Å². The fraction of sp³-hybridized carbons (Fsp3) is 0.385. The standard InChI is InChI=1S/C13H17N3O/c1-3-10(2)16-13(17)12-7-6-11(9-15-12)5-4-8-14/h6-7,9-10H,3,8,14H2,1-2H3,(H,16,17). The molecule has 0 radical (unpaired) electrons. The fourth-order valence-electron chi connectivity index (χ4n) is 1.16. The minimum absolute atomic E-state index is 0.154. The Morgan fingerprint density at radius 3 is 2.88 bits per heavy atom. The van der Waals surface area contributed by atoms with Crippen LogP contribution in [0.4, 0.5) is 0 Å². The van der Waals surface area contributed by atoms with Gasteiger partial charge in [0.25, 0.3) is 5.91 Å². The average Bonchev–Trinajstić information content (AvgIpc) is 2.36. The molecule has 1 aromatic rings. The molecule has 0 spiro atoms. The van der Waals surface area contributed by atoms with Crippen LogP contribution in [0.5, 0.6) is 0 Å². The van der Waals surface area contributed by atoms with Gasteiger partial charge in [0.15, 0.2) is 0 Å². The Bertz CT molecular complexity index is 428. The average molecular weight is 231 g/mol. The van der Waals surface area contributed by atoms with Crippen LogP contribution < -0.4 is 11.1 Å². The van der Waals surface area contributed by atoms with Crippen LogP contribution in [0.2, 0.25) is 0 Å². The van der Waals surface area contributed by atoms with Crippen LogP contribution in [-0.2, 0) is 0 Å². The largest absolute Gasteiger partial charge is 0.348 e. The van der Waals surface area contributed by atoms with Gasteiger partial charge in [-0.3, -0.25) is 4.79 Å². The molecule has 0 aromatic carbocycles. The van der Waals surface area contributed by atoms with Crippen molar-refractivity contribution >= 4 is 5.91 Å². The van der Waals surface area contributed by atoms with Crippen molar-refractivity contribution in [2.24, 2.45) is 5.73 Å². The first-order chi connectivity index (χ1) is 8.17. The Balaban J connectivity index is 2.70. The number of hydrogen-bond donors (Lipinski definition) is 2. The maximum absolute atomic E-state index is 11.7. The molecule has 0 aliphatic rings. The summed E-state index contributed by atoms with van der Waals surface area (Å²) in [5.41, 5.74) is 6.43. The zero-order chi connectivity index (χ0) is 12.7. The first-order valence-corrected chi connectivity index (χ1v) is 5.63. The molecule has 0 aliphatic heterocycles. The Labute approximate surface area is 102 Å². The molecule has 1 aromatic heterocycles. The van der Waals surface area contributed by atoms with E-state index in [9.17, 15) is 4.79 Å². The molecule has 4 heteroatoms. The number of carbonyl (C=O) groups excluding carboxylic acids is 1. The van der Waals surface area contributed by atoms with Crippen LogP contribution >= 0.6 is 0 Å². The molecule has 3 N–H and O–H groups in total. The Morgan fingerprint density at radius 1 is 1.59 bits per heavy atom. The Kier molecular flexibility index (Phi) is 5.18. The van der Waals surface area contributed by atoms with Crippen molar-refractivity contribution in [1.82, 2.24) is 10.3 Å². The second-order valence-corrected chi connectivity index (χ2v) is 3.72. The van der Waals surface area contributed by atoms with Gasteiger partial charge in [-0.15, -0.1) is 0 Å². The van der Waals surface area contributed by atoms with Crippen LogP contribution in [0.3, 0.4) is 0 Å². The van der Waals surface area contributed by atoms with Gasteiger partial charge >= 0.3 is 0 Å². The number of hydrogen-bond acceptors (Lipinski definition) is 3. The number of amides is 1.